The molecule has 2 bridgehead atoms. The van der Waals surface area contributed by atoms with E-state index in [-0.39, 0.29) is 78.7 Å². The van der Waals surface area contributed by atoms with Gasteiger partial charge in [0.05, 0.1) is 54.4 Å². The summed E-state index contributed by atoms with van der Waals surface area (Å²) in [6, 6.07) is 17.4. The molecule has 1 unspecified atom stereocenters. The molecule has 1 saturated carbocycles. The van der Waals surface area contributed by atoms with Gasteiger partial charge in [0.2, 0.25) is 11.8 Å². The Balaban J connectivity index is 0.832. The molecule has 0 spiro atoms. The number of nitrogens with one attached hydrogen (secondary N) is 3. The number of amides is 2. The second kappa shape index (κ2) is 22.3. The van der Waals surface area contributed by atoms with Gasteiger partial charge in [-0.1, -0.05) is 67.6 Å². The number of nitrogens with zero attached hydrogens (tertiary/aromatic N) is 10. The third-order valence-electron chi connectivity index (χ3n) is 16.8. The second-order valence-corrected chi connectivity index (χ2v) is 22.7. The van der Waals surface area contributed by atoms with E-state index in [1.54, 1.807) is 38.7 Å². The van der Waals surface area contributed by atoms with Crippen molar-refractivity contribution in [3.8, 4) is 45.4 Å². The molecule has 1 aliphatic carbocycles. The van der Waals surface area contributed by atoms with E-state index in [9.17, 15) is 19.8 Å². The third-order valence-corrected chi connectivity index (χ3v) is 16.8. The van der Waals surface area contributed by atoms with Crippen LogP contribution >= 0.6 is 0 Å². The Hall–Kier alpha value is -7.99. The number of piperazine rings is 1. The number of rotatable bonds is 20. The van der Waals surface area contributed by atoms with Crippen molar-refractivity contribution in [3.05, 3.63) is 113 Å². The highest BCUT2D eigenvalue weighted by atomic mass is 19.3. The number of aromatic amines is 1. The lowest BCUT2D eigenvalue weighted by Crippen LogP contribution is -2.50. The number of aliphatic hydroxyl groups is 2. The van der Waals surface area contributed by atoms with E-state index in [2.05, 4.69) is 41.1 Å². The molecule has 4 aliphatic rings. The molecular weight excluding hydrogens is 1070 g/mol. The minimum Gasteiger partial charge on any atom is -0.486 e. The highest BCUT2D eigenvalue weighted by molar-refractivity contribution is 6.06. The fourth-order valence-corrected chi connectivity index (χ4v) is 12.2. The van der Waals surface area contributed by atoms with Crippen molar-refractivity contribution < 1.29 is 47.2 Å². The minimum absolute atomic E-state index is 0.00700. The van der Waals surface area contributed by atoms with E-state index < -0.39 is 66.7 Å². The number of aryl methyl sites for hydroxylation is 1. The van der Waals surface area contributed by atoms with Crippen molar-refractivity contribution in [2.24, 2.45) is 5.92 Å². The van der Waals surface area contributed by atoms with Gasteiger partial charge in [-0.3, -0.25) is 19.4 Å². The van der Waals surface area contributed by atoms with E-state index >= 15 is 13.2 Å². The molecule has 8 aromatic rings. The van der Waals surface area contributed by atoms with Crippen LogP contribution in [-0.2, 0) is 27.5 Å². The van der Waals surface area contributed by atoms with E-state index in [0.29, 0.717) is 68.7 Å². The molecular formula is C60H66F3N13O7. The topological polar surface area (TPSA) is 236 Å². The average Bonchev–Trinajstić information content (AvgIpc) is 4.30. The Bertz CT molecular complexity index is 3720. The van der Waals surface area contributed by atoms with E-state index in [4.69, 9.17) is 24.2 Å². The maximum atomic E-state index is 16.1. The number of likely N-dealkylation sites (tertiary alicyclic amines) is 1. The summed E-state index contributed by atoms with van der Waals surface area (Å²) in [5.41, 5.74) is 6.14. The van der Waals surface area contributed by atoms with Crippen LogP contribution in [0.25, 0.3) is 55.4 Å². The number of fused-ring (bicyclic) bond motifs is 4. The lowest BCUT2D eigenvalue weighted by Gasteiger charge is -2.30. The number of ether oxygens (including phenoxy) is 3. The van der Waals surface area contributed by atoms with Gasteiger partial charge >= 0.3 is 6.01 Å². The van der Waals surface area contributed by atoms with Crippen LogP contribution in [0, 0.1) is 18.7 Å². The zero-order valence-corrected chi connectivity index (χ0v) is 46.9. The van der Waals surface area contributed by atoms with Crippen LogP contribution in [0.3, 0.4) is 0 Å². The monoisotopic (exact) mass is 1140 g/mol. The molecule has 12 rings (SSSR count). The summed E-state index contributed by atoms with van der Waals surface area (Å²) in [6.45, 7) is 10.8. The molecule has 4 fully saturated rings. The highest BCUT2D eigenvalue weighted by Gasteiger charge is 2.59. The molecule has 4 aromatic carbocycles. The Kier molecular flexibility index (Phi) is 14.9. The van der Waals surface area contributed by atoms with Gasteiger partial charge in [0.1, 0.15) is 48.1 Å². The molecule has 8 atom stereocenters. The Labute approximate surface area is 476 Å². The summed E-state index contributed by atoms with van der Waals surface area (Å²) in [7, 11) is 1.58. The number of methoxy groups -OCH3 is 1. The number of alkyl halides is 2. The number of benzene rings is 4. The lowest BCUT2D eigenvalue weighted by molar-refractivity contribution is -0.142. The van der Waals surface area contributed by atoms with Crippen molar-refractivity contribution in [2.45, 2.75) is 121 Å². The number of aromatic nitrogens is 9. The normalized spacial score (nSPS) is 21.1. The summed E-state index contributed by atoms with van der Waals surface area (Å²) in [5.74, 6) is -5.37. The predicted molar refractivity (Wildman–Crippen MR) is 302 cm³/mol. The van der Waals surface area contributed by atoms with E-state index in [0.717, 1.165) is 24.2 Å². The van der Waals surface area contributed by atoms with E-state index in [1.807, 2.05) is 87.0 Å². The number of halogens is 3. The Morgan fingerprint density at radius 3 is 2.42 bits per heavy atom. The maximum Gasteiger partial charge on any atom is 0.319 e. The number of carbonyl (C=O) groups is 2. The van der Waals surface area contributed by atoms with Crippen molar-refractivity contribution in [2.75, 3.05) is 44.9 Å². The van der Waals surface area contributed by atoms with Crippen molar-refractivity contribution in [1.82, 2.24) is 60.5 Å². The number of anilines is 1. The zero-order valence-electron chi connectivity index (χ0n) is 46.9. The Morgan fingerprint density at radius 1 is 0.964 bits per heavy atom. The first-order valence-corrected chi connectivity index (χ1v) is 28.2. The molecule has 434 valence electrons. The molecule has 20 nitrogen and oxygen atoms in total. The summed E-state index contributed by atoms with van der Waals surface area (Å²) in [4.78, 5) is 42.2. The molecule has 3 saturated heterocycles. The van der Waals surface area contributed by atoms with Crippen molar-refractivity contribution in [1.29, 1.82) is 0 Å². The first-order valence-electron chi connectivity index (χ1n) is 28.2. The predicted octanol–water partition coefficient (Wildman–Crippen LogP) is 7.44. The van der Waals surface area contributed by atoms with Gasteiger partial charge in [-0.05, 0) is 79.1 Å². The minimum atomic E-state index is -3.04. The van der Waals surface area contributed by atoms with Gasteiger partial charge in [-0.15, -0.1) is 5.10 Å². The quantitative estimate of drug-likeness (QED) is 0.0499. The van der Waals surface area contributed by atoms with E-state index in [1.165, 1.54) is 15.6 Å². The average molecular weight is 1140 g/mol. The molecule has 0 radical (unpaired) electrons. The molecule has 4 aromatic heterocycles. The number of carbonyl (C=O) groups excluding carboxylic acids is 2. The van der Waals surface area contributed by atoms with Crippen LogP contribution in [0.4, 0.5) is 19.0 Å². The fraction of sp³-hybridized carbons (Fsp3) is 0.433. The number of hydrogen-bond donors (Lipinski definition) is 5. The van der Waals surface area contributed by atoms with Crippen LogP contribution in [0.1, 0.15) is 87.2 Å². The lowest BCUT2D eigenvalue weighted by atomic mass is 9.88. The van der Waals surface area contributed by atoms with Gasteiger partial charge in [0, 0.05) is 91.9 Å². The number of aliphatic hydroxyl groups excluding tert-OH is 2. The maximum absolute atomic E-state index is 16.1. The molecule has 23 heteroatoms. The molecule has 7 heterocycles. The van der Waals surface area contributed by atoms with Crippen molar-refractivity contribution >= 4 is 39.4 Å². The largest absolute Gasteiger partial charge is 0.486 e. The Morgan fingerprint density at radius 2 is 1.73 bits per heavy atom. The smallest absolute Gasteiger partial charge is 0.319 e. The van der Waals surface area contributed by atoms with Crippen LogP contribution in [-0.4, -0.2) is 148 Å². The first kappa shape index (κ1) is 55.5. The van der Waals surface area contributed by atoms with Crippen molar-refractivity contribution in [3.63, 3.8) is 0 Å². The third kappa shape index (κ3) is 10.5. The summed E-state index contributed by atoms with van der Waals surface area (Å²) in [5, 5.41) is 49.2. The van der Waals surface area contributed by atoms with Crippen LogP contribution in [0.2, 0.25) is 0 Å². The van der Waals surface area contributed by atoms with Crippen LogP contribution < -0.4 is 25.0 Å². The number of H-pyrrole nitrogens is 1. The first-order chi connectivity index (χ1) is 40.0. The van der Waals surface area contributed by atoms with Gasteiger partial charge in [0.15, 0.2) is 5.75 Å². The second-order valence-electron chi connectivity index (χ2n) is 22.7. The van der Waals surface area contributed by atoms with Gasteiger partial charge in [0.25, 0.3) is 5.92 Å². The van der Waals surface area contributed by atoms with Crippen LogP contribution in [0.15, 0.2) is 85.3 Å². The number of β-amino-alcohol motifs (C(OH)–C–C–N with tert-alkyl or cyclic N) is 1. The summed E-state index contributed by atoms with van der Waals surface area (Å²) in [6.07, 6.45) is 4.16. The standard InChI is InChI=1S/C60H66F3N13O7/c1-7-75-49(16-17-66-75)37-14-12-36(13-15-37)48(28-77)67-57(79)50-19-40(78)26-74(50)58(80)54(31(2)3)76-27-47(71-72-76)35-10-8-34(9-11-35)30-82-55-52(51-33(5)45(61)21-46-43(51)24-65-70-46)41(44-22-60(44,62)63)20-42-53(55)68-59(83-29-32(4)81-6)69-56(42)73-25-38-18-39(73)23-64-38/h8-17,20-21,24,27,31-32,38-40,44,48,50,54,64,77-78H,7,18-19,22-23,25-26,28-30H2,1-6H3,(H,65,70)(H,67,79)/t32-,38-,39-,40+,44?,48-,50-,54-/m0/s1. The van der Waals surface area contributed by atoms with Gasteiger partial charge < -0.3 is 44.9 Å². The van der Waals surface area contributed by atoms with Crippen LogP contribution in [0.5, 0.6) is 11.8 Å². The molecule has 2 amide bonds. The van der Waals surface area contributed by atoms with Gasteiger partial charge in [-0.25, -0.2) is 17.9 Å². The molecule has 5 N–H and O–H groups in total. The summed E-state index contributed by atoms with van der Waals surface area (Å²) >= 11 is 0. The highest BCUT2D eigenvalue weighted by Crippen LogP contribution is 2.61. The SMILES string of the molecule is CCn1nccc1-c1ccc([C@H](CO)NC(=O)[C@@H]2C[C@@H](O)CN2C(=O)[C@H](C(C)C)n2cc(-c3ccc(COc4c(-c5c(C)c(F)cc6[nH]ncc56)c(C5CC5(F)F)cc5c(N6C[C@@H]7C[C@H]6CN7)nc(OC[C@H](C)OC)nc45)cc3)nn2)cc1. The number of hydrogen-bond acceptors (Lipinski definition) is 15. The molecule has 3 aliphatic heterocycles. The van der Waals surface area contributed by atoms with Gasteiger partial charge in [-0.2, -0.15) is 20.2 Å². The fourth-order valence-electron chi connectivity index (χ4n) is 12.2. The zero-order chi connectivity index (χ0) is 58.0. The molecule has 83 heavy (non-hydrogen) atoms. The summed E-state index contributed by atoms with van der Waals surface area (Å²) < 4.78 is 69.5.